The second kappa shape index (κ2) is 4.04. The zero-order valence-electron chi connectivity index (χ0n) is 7.13. The van der Waals surface area contributed by atoms with Crippen LogP contribution in [0.5, 0.6) is 0 Å². The smallest absolute Gasteiger partial charge is 0.303 e. The van der Waals surface area contributed by atoms with Crippen LogP contribution in [0.25, 0.3) is 0 Å². The summed E-state index contributed by atoms with van der Waals surface area (Å²) in [6, 6.07) is 0. The van der Waals surface area contributed by atoms with E-state index in [1.807, 2.05) is 0 Å². The Balaban J connectivity index is 2.53. The Hall–Kier alpha value is -0.650. The van der Waals surface area contributed by atoms with Crippen molar-refractivity contribution in [3.05, 3.63) is 0 Å². The van der Waals surface area contributed by atoms with Gasteiger partial charge in [-0.15, -0.1) is 0 Å². The molecule has 4 N–H and O–H groups in total. The third-order valence-electron chi connectivity index (χ3n) is 2.50. The van der Waals surface area contributed by atoms with Gasteiger partial charge in [-0.2, -0.15) is 0 Å². The normalized spacial score (nSPS) is 40.2. The molecule has 0 amide bonds. The average molecular weight is 190 g/mol. The molecule has 4 unspecified atom stereocenters. The maximum absolute atomic E-state index is 10.3. The fourth-order valence-electron chi connectivity index (χ4n) is 1.68. The first kappa shape index (κ1) is 10.4. The first-order chi connectivity index (χ1) is 6.02. The SMILES string of the molecule is O=C(O)CC1CCC(O)C(O)C1O. The molecule has 13 heavy (non-hydrogen) atoms. The predicted octanol–water partition coefficient (Wildman–Crippen LogP) is -1.05. The van der Waals surface area contributed by atoms with Crippen LogP contribution in [0.4, 0.5) is 0 Å². The van der Waals surface area contributed by atoms with Crippen molar-refractivity contribution >= 4 is 5.97 Å². The van der Waals surface area contributed by atoms with Gasteiger partial charge in [-0.25, -0.2) is 0 Å². The number of carbonyl (C=O) groups is 1. The lowest BCUT2D eigenvalue weighted by Gasteiger charge is -2.34. The van der Waals surface area contributed by atoms with Crippen molar-refractivity contribution in [1.82, 2.24) is 0 Å². The number of aliphatic hydroxyl groups excluding tert-OH is 3. The number of aliphatic hydroxyl groups is 3. The van der Waals surface area contributed by atoms with Crippen LogP contribution in [0.15, 0.2) is 0 Å². The van der Waals surface area contributed by atoms with Crippen LogP contribution in [0, 0.1) is 5.92 Å². The summed E-state index contributed by atoms with van der Waals surface area (Å²) in [5.41, 5.74) is 0. The topological polar surface area (TPSA) is 98.0 Å². The minimum absolute atomic E-state index is 0.162. The summed E-state index contributed by atoms with van der Waals surface area (Å²) in [6.07, 6.45) is -2.65. The highest BCUT2D eigenvalue weighted by Crippen LogP contribution is 2.27. The van der Waals surface area contributed by atoms with Crippen molar-refractivity contribution in [1.29, 1.82) is 0 Å². The number of carboxylic acid groups (broad SMARTS) is 1. The molecule has 1 saturated carbocycles. The second-order valence-corrected chi connectivity index (χ2v) is 3.48. The van der Waals surface area contributed by atoms with E-state index in [1.54, 1.807) is 0 Å². The van der Waals surface area contributed by atoms with Crippen LogP contribution in [0.1, 0.15) is 19.3 Å². The molecule has 5 nitrogen and oxygen atoms in total. The zero-order valence-corrected chi connectivity index (χ0v) is 7.13. The van der Waals surface area contributed by atoms with Crippen molar-refractivity contribution in [3.63, 3.8) is 0 Å². The average Bonchev–Trinajstić information content (AvgIpc) is 2.06. The summed E-state index contributed by atoms with van der Waals surface area (Å²) in [4.78, 5) is 10.3. The molecule has 0 aromatic heterocycles. The molecule has 1 rings (SSSR count). The van der Waals surface area contributed by atoms with Gasteiger partial charge in [0.05, 0.1) is 18.6 Å². The number of hydrogen-bond donors (Lipinski definition) is 4. The fourth-order valence-corrected chi connectivity index (χ4v) is 1.68. The van der Waals surface area contributed by atoms with Crippen LogP contribution >= 0.6 is 0 Å². The Morgan fingerprint density at radius 1 is 1.15 bits per heavy atom. The largest absolute Gasteiger partial charge is 0.481 e. The first-order valence-electron chi connectivity index (χ1n) is 4.28. The van der Waals surface area contributed by atoms with E-state index < -0.39 is 30.2 Å². The van der Waals surface area contributed by atoms with Crippen molar-refractivity contribution in [2.24, 2.45) is 5.92 Å². The highest BCUT2D eigenvalue weighted by atomic mass is 16.4. The molecular formula is C8H14O5. The molecule has 4 atom stereocenters. The Bertz CT molecular complexity index is 193. The zero-order chi connectivity index (χ0) is 10.0. The van der Waals surface area contributed by atoms with E-state index in [9.17, 15) is 15.0 Å². The molecule has 5 heteroatoms. The number of aliphatic carboxylic acids is 1. The maximum Gasteiger partial charge on any atom is 0.303 e. The van der Waals surface area contributed by atoms with Crippen LogP contribution in [0.3, 0.4) is 0 Å². The Morgan fingerprint density at radius 3 is 2.31 bits per heavy atom. The van der Waals surface area contributed by atoms with E-state index in [1.165, 1.54) is 0 Å². The summed E-state index contributed by atoms with van der Waals surface area (Å²) in [5.74, 6) is -1.44. The van der Waals surface area contributed by atoms with Gasteiger partial charge in [0.25, 0.3) is 0 Å². The molecule has 1 aliphatic rings. The summed E-state index contributed by atoms with van der Waals surface area (Å²) in [7, 11) is 0. The molecule has 0 heterocycles. The van der Waals surface area contributed by atoms with Gasteiger partial charge in [-0.05, 0) is 18.8 Å². The fraction of sp³-hybridized carbons (Fsp3) is 0.875. The molecule has 0 radical (unpaired) electrons. The minimum Gasteiger partial charge on any atom is -0.481 e. The van der Waals surface area contributed by atoms with Crippen LogP contribution in [0.2, 0.25) is 0 Å². The predicted molar refractivity (Wildman–Crippen MR) is 43.0 cm³/mol. The molecule has 1 aliphatic carbocycles. The Labute approximate surface area is 75.6 Å². The molecule has 0 spiro atoms. The van der Waals surface area contributed by atoms with Gasteiger partial charge in [-0.1, -0.05) is 0 Å². The second-order valence-electron chi connectivity index (χ2n) is 3.48. The van der Waals surface area contributed by atoms with E-state index in [4.69, 9.17) is 10.2 Å². The van der Waals surface area contributed by atoms with Crippen LogP contribution < -0.4 is 0 Å². The Kier molecular flexibility index (Phi) is 3.24. The van der Waals surface area contributed by atoms with Crippen LogP contribution in [-0.4, -0.2) is 44.7 Å². The molecule has 0 aromatic carbocycles. The minimum atomic E-state index is -1.21. The number of hydrogen-bond acceptors (Lipinski definition) is 4. The summed E-state index contributed by atoms with van der Waals surface area (Å²) >= 11 is 0. The monoisotopic (exact) mass is 190 g/mol. The lowest BCUT2D eigenvalue weighted by atomic mass is 9.81. The third-order valence-corrected chi connectivity index (χ3v) is 2.50. The standard InChI is InChI=1S/C8H14O5/c9-5-2-1-4(3-6(10)11)7(12)8(5)13/h4-5,7-9,12-13H,1-3H2,(H,10,11). The van der Waals surface area contributed by atoms with Gasteiger partial charge in [0, 0.05) is 0 Å². The molecule has 0 saturated heterocycles. The third kappa shape index (κ3) is 2.40. The van der Waals surface area contributed by atoms with Gasteiger partial charge in [0.1, 0.15) is 6.10 Å². The van der Waals surface area contributed by atoms with Gasteiger partial charge >= 0.3 is 5.97 Å². The molecule has 1 fully saturated rings. The number of carboxylic acids is 1. The highest BCUT2D eigenvalue weighted by molar-refractivity contribution is 5.67. The lowest BCUT2D eigenvalue weighted by molar-refractivity contribution is -0.145. The van der Waals surface area contributed by atoms with Gasteiger partial charge in [0.15, 0.2) is 0 Å². The van der Waals surface area contributed by atoms with E-state index in [2.05, 4.69) is 0 Å². The maximum atomic E-state index is 10.3. The van der Waals surface area contributed by atoms with Gasteiger partial charge in [-0.3, -0.25) is 4.79 Å². The highest BCUT2D eigenvalue weighted by Gasteiger charge is 2.37. The van der Waals surface area contributed by atoms with E-state index in [0.717, 1.165) is 0 Å². The van der Waals surface area contributed by atoms with Crippen LogP contribution in [-0.2, 0) is 4.79 Å². The quantitative estimate of drug-likeness (QED) is 0.445. The first-order valence-corrected chi connectivity index (χ1v) is 4.28. The van der Waals surface area contributed by atoms with Gasteiger partial charge < -0.3 is 20.4 Å². The molecule has 0 aromatic rings. The molecule has 0 bridgehead atoms. The summed E-state index contributed by atoms with van der Waals surface area (Å²) in [6.45, 7) is 0. The summed E-state index contributed by atoms with van der Waals surface area (Å²) in [5, 5.41) is 36.2. The lowest BCUT2D eigenvalue weighted by Crippen LogP contribution is -2.46. The summed E-state index contributed by atoms with van der Waals surface area (Å²) < 4.78 is 0. The van der Waals surface area contributed by atoms with Crippen molar-refractivity contribution in [3.8, 4) is 0 Å². The van der Waals surface area contributed by atoms with E-state index >= 15 is 0 Å². The molecule has 0 aliphatic heterocycles. The van der Waals surface area contributed by atoms with Crippen molar-refractivity contribution < 1.29 is 25.2 Å². The van der Waals surface area contributed by atoms with Crippen molar-refractivity contribution in [2.75, 3.05) is 0 Å². The van der Waals surface area contributed by atoms with Gasteiger partial charge in [0.2, 0.25) is 0 Å². The Morgan fingerprint density at radius 2 is 1.77 bits per heavy atom. The number of rotatable bonds is 2. The molecular weight excluding hydrogens is 176 g/mol. The van der Waals surface area contributed by atoms with E-state index in [0.29, 0.717) is 12.8 Å². The van der Waals surface area contributed by atoms with E-state index in [-0.39, 0.29) is 6.42 Å². The van der Waals surface area contributed by atoms with Crippen molar-refractivity contribution in [2.45, 2.75) is 37.6 Å². The molecule has 76 valence electrons.